The summed E-state index contributed by atoms with van der Waals surface area (Å²) in [4.78, 5) is 16.2. The number of hydrogen-bond acceptors (Lipinski definition) is 3. The summed E-state index contributed by atoms with van der Waals surface area (Å²) in [5, 5.41) is 12.7. The molecular formula is C16H22ClN3O2. The minimum Gasteiger partial charge on any atom is -0.396 e. The summed E-state index contributed by atoms with van der Waals surface area (Å²) in [7, 11) is 0. The van der Waals surface area contributed by atoms with E-state index in [0.29, 0.717) is 23.8 Å². The topological polar surface area (TPSA) is 55.8 Å². The molecule has 0 radical (unpaired) electrons. The van der Waals surface area contributed by atoms with Crippen molar-refractivity contribution in [3.8, 4) is 0 Å². The van der Waals surface area contributed by atoms with Gasteiger partial charge in [0.15, 0.2) is 0 Å². The van der Waals surface area contributed by atoms with Gasteiger partial charge in [0, 0.05) is 44.4 Å². The van der Waals surface area contributed by atoms with E-state index < -0.39 is 0 Å². The lowest BCUT2D eigenvalue weighted by Crippen LogP contribution is -2.33. The Labute approximate surface area is 135 Å². The molecule has 2 fully saturated rings. The van der Waals surface area contributed by atoms with Crippen LogP contribution < -0.4 is 10.2 Å². The molecule has 1 atom stereocenters. The number of nitrogens with zero attached hydrogens (tertiary/aromatic N) is 2. The van der Waals surface area contributed by atoms with Crippen molar-refractivity contribution in [2.24, 2.45) is 5.92 Å². The van der Waals surface area contributed by atoms with Crippen molar-refractivity contribution in [3.63, 3.8) is 0 Å². The van der Waals surface area contributed by atoms with E-state index in [0.717, 1.165) is 25.2 Å². The minimum absolute atomic E-state index is 0.124. The van der Waals surface area contributed by atoms with Crippen molar-refractivity contribution in [3.05, 3.63) is 23.2 Å². The monoisotopic (exact) mass is 323 g/mol. The molecule has 2 aliphatic heterocycles. The molecule has 2 aliphatic rings. The summed E-state index contributed by atoms with van der Waals surface area (Å²) in [6.07, 6.45) is 3.27. The lowest BCUT2D eigenvalue weighted by molar-refractivity contribution is 0.209. The third kappa shape index (κ3) is 3.31. The maximum absolute atomic E-state index is 12.2. The Kier molecular flexibility index (Phi) is 4.74. The molecule has 0 bridgehead atoms. The lowest BCUT2D eigenvalue weighted by Gasteiger charge is -2.21. The molecule has 0 spiro atoms. The fraction of sp³-hybridized carbons (Fsp3) is 0.562. The zero-order valence-corrected chi connectivity index (χ0v) is 13.4. The summed E-state index contributed by atoms with van der Waals surface area (Å²) in [5.74, 6) is 0.201. The number of amides is 2. The van der Waals surface area contributed by atoms with E-state index in [2.05, 4.69) is 10.2 Å². The molecule has 0 aliphatic carbocycles. The number of rotatable bonds is 3. The van der Waals surface area contributed by atoms with Gasteiger partial charge >= 0.3 is 6.03 Å². The van der Waals surface area contributed by atoms with E-state index in [1.165, 1.54) is 12.8 Å². The molecule has 22 heavy (non-hydrogen) atoms. The Balaban J connectivity index is 1.63. The highest BCUT2D eigenvalue weighted by Gasteiger charge is 2.25. The van der Waals surface area contributed by atoms with Gasteiger partial charge < -0.3 is 20.2 Å². The Morgan fingerprint density at radius 2 is 2.09 bits per heavy atom. The second kappa shape index (κ2) is 6.75. The van der Waals surface area contributed by atoms with Crippen LogP contribution in [0, 0.1) is 5.92 Å². The number of halogens is 1. The summed E-state index contributed by atoms with van der Waals surface area (Å²) in [6, 6.07) is 5.56. The third-order valence-corrected chi connectivity index (χ3v) is 4.78. The molecular weight excluding hydrogens is 302 g/mol. The van der Waals surface area contributed by atoms with Crippen LogP contribution in [0.15, 0.2) is 18.2 Å². The van der Waals surface area contributed by atoms with Crippen LogP contribution in [0.1, 0.15) is 19.3 Å². The quantitative estimate of drug-likeness (QED) is 0.899. The predicted molar refractivity (Wildman–Crippen MR) is 88.7 cm³/mol. The zero-order chi connectivity index (χ0) is 15.5. The SMILES string of the molecule is O=C(Nc1ccc(N2CCCC2)c(Cl)c1)N1CCC(CO)C1. The third-order valence-electron chi connectivity index (χ3n) is 4.48. The molecule has 0 saturated carbocycles. The first-order valence-electron chi connectivity index (χ1n) is 7.88. The van der Waals surface area contributed by atoms with Gasteiger partial charge in [-0.2, -0.15) is 0 Å². The molecule has 0 aromatic heterocycles. The first-order chi connectivity index (χ1) is 10.7. The first kappa shape index (κ1) is 15.4. The van der Waals surface area contributed by atoms with Gasteiger partial charge in [-0.05, 0) is 37.5 Å². The van der Waals surface area contributed by atoms with Gasteiger partial charge in [0.05, 0.1) is 10.7 Å². The van der Waals surface area contributed by atoms with Crippen molar-refractivity contribution in [1.82, 2.24) is 4.90 Å². The Bertz CT molecular complexity index is 546. The van der Waals surface area contributed by atoms with E-state index in [1.54, 1.807) is 4.90 Å². The molecule has 1 aromatic rings. The van der Waals surface area contributed by atoms with Gasteiger partial charge in [-0.1, -0.05) is 11.6 Å². The average Bonchev–Trinajstić information content (AvgIpc) is 3.19. The highest BCUT2D eigenvalue weighted by atomic mass is 35.5. The predicted octanol–water partition coefficient (Wildman–Crippen LogP) is 2.79. The summed E-state index contributed by atoms with van der Waals surface area (Å²) in [5.41, 5.74) is 1.75. The number of carbonyl (C=O) groups is 1. The van der Waals surface area contributed by atoms with Crippen LogP contribution in [0.25, 0.3) is 0 Å². The molecule has 3 rings (SSSR count). The van der Waals surface area contributed by atoms with Crippen molar-refractivity contribution in [1.29, 1.82) is 0 Å². The molecule has 2 saturated heterocycles. The van der Waals surface area contributed by atoms with E-state index in [1.807, 2.05) is 18.2 Å². The van der Waals surface area contributed by atoms with Gasteiger partial charge in [-0.25, -0.2) is 4.79 Å². The number of nitrogens with one attached hydrogen (secondary N) is 1. The second-order valence-corrected chi connectivity index (χ2v) is 6.48. The van der Waals surface area contributed by atoms with Gasteiger partial charge in [0.2, 0.25) is 0 Å². The van der Waals surface area contributed by atoms with Gasteiger partial charge in [0.25, 0.3) is 0 Å². The number of likely N-dealkylation sites (tertiary alicyclic amines) is 1. The number of anilines is 2. The van der Waals surface area contributed by atoms with Crippen LogP contribution in [-0.2, 0) is 0 Å². The molecule has 6 heteroatoms. The normalized spacial score (nSPS) is 21.5. The molecule has 2 N–H and O–H groups in total. The van der Waals surface area contributed by atoms with Crippen LogP contribution in [0.4, 0.5) is 16.2 Å². The van der Waals surface area contributed by atoms with Crippen LogP contribution in [-0.4, -0.2) is 48.8 Å². The van der Waals surface area contributed by atoms with Crippen molar-refractivity contribution in [2.45, 2.75) is 19.3 Å². The fourth-order valence-corrected chi connectivity index (χ4v) is 3.47. The number of urea groups is 1. The van der Waals surface area contributed by atoms with Crippen LogP contribution >= 0.6 is 11.6 Å². The van der Waals surface area contributed by atoms with Crippen LogP contribution in [0.5, 0.6) is 0 Å². The van der Waals surface area contributed by atoms with Crippen molar-refractivity contribution in [2.75, 3.05) is 43.0 Å². The maximum atomic E-state index is 12.2. The molecule has 120 valence electrons. The van der Waals surface area contributed by atoms with Gasteiger partial charge in [0.1, 0.15) is 0 Å². The summed E-state index contributed by atoms with van der Waals surface area (Å²) < 4.78 is 0. The lowest BCUT2D eigenvalue weighted by atomic mass is 10.1. The maximum Gasteiger partial charge on any atom is 0.321 e. The van der Waals surface area contributed by atoms with E-state index in [-0.39, 0.29) is 18.6 Å². The average molecular weight is 324 g/mol. The standard InChI is InChI=1S/C16H22ClN3O2/c17-14-9-13(3-4-15(14)19-6-1-2-7-19)18-16(22)20-8-5-12(10-20)11-21/h3-4,9,12,21H,1-2,5-8,10-11H2,(H,18,22). The Hall–Kier alpha value is -1.46. The number of aliphatic hydroxyl groups excluding tert-OH is 1. The van der Waals surface area contributed by atoms with Crippen LogP contribution in [0.2, 0.25) is 5.02 Å². The molecule has 2 heterocycles. The van der Waals surface area contributed by atoms with Crippen LogP contribution in [0.3, 0.4) is 0 Å². The molecule has 5 nitrogen and oxygen atoms in total. The number of hydrogen-bond donors (Lipinski definition) is 2. The number of benzene rings is 1. The van der Waals surface area contributed by atoms with Gasteiger partial charge in [-0.3, -0.25) is 0 Å². The van der Waals surface area contributed by atoms with E-state index >= 15 is 0 Å². The molecule has 2 amide bonds. The summed E-state index contributed by atoms with van der Waals surface area (Å²) >= 11 is 6.36. The largest absolute Gasteiger partial charge is 0.396 e. The summed E-state index contributed by atoms with van der Waals surface area (Å²) in [6.45, 7) is 3.53. The van der Waals surface area contributed by atoms with E-state index in [9.17, 15) is 4.79 Å². The number of carbonyl (C=O) groups excluding carboxylic acids is 1. The smallest absolute Gasteiger partial charge is 0.321 e. The van der Waals surface area contributed by atoms with Crippen molar-refractivity contribution >= 4 is 29.0 Å². The highest BCUT2D eigenvalue weighted by molar-refractivity contribution is 6.33. The highest BCUT2D eigenvalue weighted by Crippen LogP contribution is 2.31. The zero-order valence-electron chi connectivity index (χ0n) is 12.6. The molecule has 1 aromatic carbocycles. The molecule has 1 unspecified atom stereocenters. The Morgan fingerprint density at radius 1 is 1.32 bits per heavy atom. The van der Waals surface area contributed by atoms with Crippen molar-refractivity contribution < 1.29 is 9.90 Å². The second-order valence-electron chi connectivity index (χ2n) is 6.07. The fourth-order valence-electron chi connectivity index (χ4n) is 3.17. The first-order valence-corrected chi connectivity index (χ1v) is 8.26. The van der Waals surface area contributed by atoms with Gasteiger partial charge in [-0.15, -0.1) is 0 Å². The minimum atomic E-state index is -0.124. The number of aliphatic hydroxyl groups is 1. The van der Waals surface area contributed by atoms with E-state index in [4.69, 9.17) is 16.7 Å². The Morgan fingerprint density at radius 3 is 2.73 bits per heavy atom.